The van der Waals surface area contributed by atoms with Crippen molar-refractivity contribution < 1.29 is 14.7 Å². The van der Waals surface area contributed by atoms with Crippen LogP contribution in [0.2, 0.25) is 0 Å². The standard InChI is InChI=1S/C13H16N4O3/c1-16(2)13(20)14-6-7-17-8-15-10-5-3-4-9(11(10)17)12(18)19/h3-5,8H,6-7H2,1-2H3,(H,14,20)(H,18,19). The SMILES string of the molecule is CN(C)C(=O)NCCn1cnc2cccc(C(=O)O)c21. The number of nitrogens with one attached hydrogen (secondary N) is 1. The summed E-state index contributed by atoms with van der Waals surface area (Å²) in [5.41, 5.74) is 1.40. The number of fused-ring (bicyclic) bond motifs is 1. The second-order valence-corrected chi connectivity index (χ2v) is 4.54. The van der Waals surface area contributed by atoms with Crippen molar-refractivity contribution >= 4 is 23.0 Å². The molecule has 20 heavy (non-hydrogen) atoms. The summed E-state index contributed by atoms with van der Waals surface area (Å²) in [7, 11) is 3.31. The number of carboxylic acid groups (broad SMARTS) is 1. The highest BCUT2D eigenvalue weighted by molar-refractivity contribution is 6.01. The van der Waals surface area contributed by atoms with Gasteiger partial charge in [-0.3, -0.25) is 0 Å². The molecule has 0 aliphatic rings. The summed E-state index contributed by atoms with van der Waals surface area (Å²) in [6.45, 7) is 0.858. The van der Waals surface area contributed by atoms with Crippen LogP contribution in [0, 0.1) is 0 Å². The largest absolute Gasteiger partial charge is 0.478 e. The van der Waals surface area contributed by atoms with E-state index < -0.39 is 5.97 Å². The van der Waals surface area contributed by atoms with E-state index in [0.29, 0.717) is 24.1 Å². The van der Waals surface area contributed by atoms with Crippen molar-refractivity contribution in [1.82, 2.24) is 19.8 Å². The van der Waals surface area contributed by atoms with E-state index in [2.05, 4.69) is 10.3 Å². The average Bonchev–Trinajstić information content (AvgIpc) is 2.81. The normalized spacial score (nSPS) is 10.5. The Labute approximate surface area is 115 Å². The number of benzene rings is 1. The Kier molecular flexibility index (Phi) is 3.88. The highest BCUT2D eigenvalue weighted by atomic mass is 16.4. The summed E-state index contributed by atoms with van der Waals surface area (Å²) < 4.78 is 1.73. The van der Waals surface area contributed by atoms with E-state index in [9.17, 15) is 14.7 Å². The predicted molar refractivity (Wildman–Crippen MR) is 73.8 cm³/mol. The van der Waals surface area contributed by atoms with Crippen LogP contribution in [0.1, 0.15) is 10.4 Å². The van der Waals surface area contributed by atoms with Crippen molar-refractivity contribution in [2.24, 2.45) is 0 Å². The zero-order valence-corrected chi connectivity index (χ0v) is 11.3. The number of aromatic carboxylic acids is 1. The van der Waals surface area contributed by atoms with Crippen molar-refractivity contribution in [3.8, 4) is 0 Å². The van der Waals surface area contributed by atoms with Gasteiger partial charge >= 0.3 is 12.0 Å². The number of amides is 2. The van der Waals surface area contributed by atoms with Crippen molar-refractivity contribution in [1.29, 1.82) is 0 Å². The third-order valence-corrected chi connectivity index (χ3v) is 2.90. The molecule has 2 amide bonds. The monoisotopic (exact) mass is 276 g/mol. The zero-order valence-electron chi connectivity index (χ0n) is 11.3. The van der Waals surface area contributed by atoms with Crippen LogP contribution in [0.5, 0.6) is 0 Å². The van der Waals surface area contributed by atoms with Crippen LogP contribution in [0.3, 0.4) is 0 Å². The molecule has 2 rings (SSSR count). The number of imidazole rings is 1. The van der Waals surface area contributed by atoms with E-state index >= 15 is 0 Å². The quantitative estimate of drug-likeness (QED) is 0.872. The first-order valence-corrected chi connectivity index (χ1v) is 6.13. The van der Waals surface area contributed by atoms with E-state index in [4.69, 9.17) is 0 Å². The Morgan fingerprint density at radius 2 is 2.15 bits per heavy atom. The molecule has 7 nitrogen and oxygen atoms in total. The maximum Gasteiger partial charge on any atom is 0.337 e. The van der Waals surface area contributed by atoms with E-state index in [-0.39, 0.29) is 11.6 Å². The molecule has 0 unspecified atom stereocenters. The third kappa shape index (κ3) is 2.71. The van der Waals surface area contributed by atoms with Crippen LogP contribution in [0.4, 0.5) is 4.79 Å². The molecule has 1 heterocycles. The van der Waals surface area contributed by atoms with Crippen LogP contribution in [0.15, 0.2) is 24.5 Å². The number of urea groups is 1. The molecule has 0 fully saturated rings. The molecular formula is C13H16N4O3. The first-order chi connectivity index (χ1) is 9.50. The minimum atomic E-state index is -0.991. The van der Waals surface area contributed by atoms with Crippen LogP contribution in [-0.4, -0.2) is 52.2 Å². The van der Waals surface area contributed by atoms with Gasteiger partial charge in [0.25, 0.3) is 0 Å². The predicted octanol–water partition coefficient (Wildman–Crippen LogP) is 1.01. The fourth-order valence-corrected chi connectivity index (χ4v) is 1.91. The molecular weight excluding hydrogens is 260 g/mol. The van der Waals surface area contributed by atoms with Crippen molar-refractivity contribution in [2.75, 3.05) is 20.6 Å². The van der Waals surface area contributed by atoms with Gasteiger partial charge in [0.1, 0.15) is 0 Å². The zero-order chi connectivity index (χ0) is 14.7. The summed E-state index contributed by atoms with van der Waals surface area (Å²) in [6, 6.07) is 4.78. The van der Waals surface area contributed by atoms with Crippen LogP contribution in [-0.2, 0) is 6.54 Å². The van der Waals surface area contributed by atoms with Crippen molar-refractivity contribution in [3.05, 3.63) is 30.1 Å². The number of nitrogens with zero attached hydrogens (tertiary/aromatic N) is 3. The minimum Gasteiger partial charge on any atom is -0.478 e. The Balaban J connectivity index is 2.19. The number of para-hydroxylation sites is 1. The maximum atomic E-state index is 11.4. The number of hydrogen-bond donors (Lipinski definition) is 2. The Morgan fingerprint density at radius 1 is 1.40 bits per heavy atom. The lowest BCUT2D eigenvalue weighted by Gasteiger charge is -2.12. The molecule has 106 valence electrons. The minimum absolute atomic E-state index is 0.187. The van der Waals surface area contributed by atoms with Gasteiger partial charge in [0.2, 0.25) is 0 Å². The molecule has 0 saturated carbocycles. The second kappa shape index (κ2) is 5.60. The lowest BCUT2D eigenvalue weighted by atomic mass is 10.2. The van der Waals surface area contributed by atoms with Gasteiger partial charge in [-0.25, -0.2) is 14.6 Å². The molecule has 0 saturated heterocycles. The Bertz CT molecular complexity index is 648. The first kappa shape index (κ1) is 13.9. The number of carbonyl (C=O) groups is 2. The van der Waals surface area contributed by atoms with Crippen molar-refractivity contribution in [3.63, 3.8) is 0 Å². The molecule has 1 aromatic heterocycles. The molecule has 0 atom stereocenters. The van der Waals surface area contributed by atoms with Gasteiger partial charge in [-0.15, -0.1) is 0 Å². The lowest BCUT2D eigenvalue weighted by Crippen LogP contribution is -2.36. The van der Waals surface area contributed by atoms with Crippen LogP contribution >= 0.6 is 0 Å². The summed E-state index contributed by atoms with van der Waals surface area (Å²) in [5, 5.41) is 11.9. The van der Waals surface area contributed by atoms with Gasteiger partial charge in [-0.2, -0.15) is 0 Å². The van der Waals surface area contributed by atoms with Gasteiger partial charge in [0.15, 0.2) is 0 Å². The number of aromatic nitrogens is 2. The molecule has 0 aliphatic carbocycles. The highest BCUT2D eigenvalue weighted by Crippen LogP contribution is 2.17. The molecule has 0 spiro atoms. The number of carbonyl (C=O) groups excluding carboxylic acids is 1. The van der Waals surface area contributed by atoms with Gasteiger partial charge in [0, 0.05) is 27.2 Å². The fraction of sp³-hybridized carbons (Fsp3) is 0.308. The third-order valence-electron chi connectivity index (χ3n) is 2.90. The van der Waals surface area contributed by atoms with E-state index in [0.717, 1.165) is 0 Å². The average molecular weight is 276 g/mol. The fourth-order valence-electron chi connectivity index (χ4n) is 1.91. The molecule has 7 heteroatoms. The highest BCUT2D eigenvalue weighted by Gasteiger charge is 2.13. The molecule has 2 aromatic rings. The molecule has 1 aromatic carbocycles. The summed E-state index contributed by atoms with van der Waals surface area (Å²) in [6.07, 6.45) is 1.58. The summed E-state index contributed by atoms with van der Waals surface area (Å²) in [5.74, 6) is -0.991. The first-order valence-electron chi connectivity index (χ1n) is 6.13. The molecule has 0 radical (unpaired) electrons. The number of hydrogen-bond acceptors (Lipinski definition) is 3. The van der Waals surface area contributed by atoms with Gasteiger partial charge in [-0.05, 0) is 12.1 Å². The Morgan fingerprint density at radius 3 is 2.80 bits per heavy atom. The van der Waals surface area contributed by atoms with Crippen LogP contribution in [0.25, 0.3) is 11.0 Å². The van der Waals surface area contributed by atoms with E-state index in [1.54, 1.807) is 43.2 Å². The molecule has 0 bridgehead atoms. The van der Waals surface area contributed by atoms with Gasteiger partial charge in [-0.1, -0.05) is 6.07 Å². The maximum absolute atomic E-state index is 11.4. The van der Waals surface area contributed by atoms with Crippen LogP contribution < -0.4 is 5.32 Å². The van der Waals surface area contributed by atoms with E-state index in [1.165, 1.54) is 4.90 Å². The number of rotatable bonds is 4. The van der Waals surface area contributed by atoms with Gasteiger partial charge < -0.3 is 19.9 Å². The number of carboxylic acids is 1. The topological polar surface area (TPSA) is 87.5 Å². The van der Waals surface area contributed by atoms with Crippen molar-refractivity contribution in [2.45, 2.75) is 6.54 Å². The van der Waals surface area contributed by atoms with Gasteiger partial charge in [0.05, 0.1) is 22.9 Å². The second-order valence-electron chi connectivity index (χ2n) is 4.54. The Hall–Kier alpha value is -2.57. The molecule has 0 aliphatic heterocycles. The summed E-state index contributed by atoms with van der Waals surface area (Å²) in [4.78, 5) is 28.2. The molecule has 2 N–H and O–H groups in total. The lowest BCUT2D eigenvalue weighted by molar-refractivity contribution is 0.0698. The smallest absolute Gasteiger partial charge is 0.337 e. The van der Waals surface area contributed by atoms with E-state index in [1.807, 2.05) is 0 Å². The summed E-state index contributed by atoms with van der Waals surface area (Å²) >= 11 is 0.